The third-order valence-electron chi connectivity index (χ3n) is 1.50. The van der Waals surface area contributed by atoms with Crippen molar-refractivity contribution in [2.24, 2.45) is 5.84 Å². The molecule has 14 heavy (non-hydrogen) atoms. The van der Waals surface area contributed by atoms with Crippen molar-refractivity contribution >= 4 is 17.2 Å². The lowest BCUT2D eigenvalue weighted by Gasteiger charge is -1.96. The van der Waals surface area contributed by atoms with Crippen molar-refractivity contribution in [1.82, 2.24) is 5.43 Å². The van der Waals surface area contributed by atoms with Crippen LogP contribution in [0.5, 0.6) is 0 Å². The van der Waals surface area contributed by atoms with E-state index in [1.54, 1.807) is 12.1 Å². The highest BCUT2D eigenvalue weighted by Crippen LogP contribution is 2.16. The maximum absolute atomic E-state index is 11.1. The summed E-state index contributed by atoms with van der Waals surface area (Å²) in [6, 6.07) is 3.57. The molecule has 0 bridgehead atoms. The Balaban J connectivity index is 2.50. The molecule has 0 aliphatic rings. The molecule has 0 aromatic carbocycles. The van der Waals surface area contributed by atoms with Gasteiger partial charge in [0.2, 0.25) is 0 Å². The molecule has 0 radical (unpaired) electrons. The van der Waals surface area contributed by atoms with Gasteiger partial charge in [0.1, 0.15) is 0 Å². The van der Waals surface area contributed by atoms with Gasteiger partial charge in [-0.15, -0.1) is 17.9 Å². The van der Waals surface area contributed by atoms with Crippen LogP contribution < -0.4 is 11.3 Å². The summed E-state index contributed by atoms with van der Waals surface area (Å²) in [5.41, 5.74) is 2.08. The number of hydrogen-bond donors (Lipinski definition) is 2. The first kappa shape index (κ1) is 10.9. The van der Waals surface area contributed by atoms with Crippen LogP contribution in [0.4, 0.5) is 0 Å². The lowest BCUT2D eigenvalue weighted by Crippen LogP contribution is -2.29. The van der Waals surface area contributed by atoms with E-state index in [1.165, 1.54) is 11.3 Å². The van der Waals surface area contributed by atoms with Crippen LogP contribution in [0.15, 0.2) is 24.8 Å². The summed E-state index contributed by atoms with van der Waals surface area (Å²) in [6.07, 6.45) is 1.68. The molecule has 1 rings (SSSR count). The maximum atomic E-state index is 11.1. The molecular weight excluding hydrogens is 200 g/mol. The Hall–Kier alpha value is -1.17. The largest absolute Gasteiger partial charge is 0.372 e. The molecule has 3 N–H and O–H groups in total. The lowest BCUT2D eigenvalue weighted by atomic mass is 10.4. The third-order valence-corrected chi connectivity index (χ3v) is 2.55. The van der Waals surface area contributed by atoms with E-state index in [2.05, 4.69) is 12.0 Å². The minimum Gasteiger partial charge on any atom is -0.372 e. The summed E-state index contributed by atoms with van der Waals surface area (Å²) in [4.78, 5) is 12.7. The summed E-state index contributed by atoms with van der Waals surface area (Å²) in [7, 11) is 0. The van der Waals surface area contributed by atoms with Crippen LogP contribution in [-0.2, 0) is 11.3 Å². The second kappa shape index (κ2) is 5.54. The summed E-state index contributed by atoms with van der Waals surface area (Å²) in [5, 5.41) is 0. The average molecular weight is 212 g/mol. The molecule has 0 atom stereocenters. The van der Waals surface area contributed by atoms with Gasteiger partial charge in [0.05, 0.1) is 18.1 Å². The number of hydrogen-bond acceptors (Lipinski definition) is 4. The third kappa shape index (κ3) is 2.95. The molecule has 1 heterocycles. The van der Waals surface area contributed by atoms with E-state index in [9.17, 15) is 4.79 Å². The van der Waals surface area contributed by atoms with Crippen molar-refractivity contribution in [2.75, 3.05) is 6.61 Å². The van der Waals surface area contributed by atoms with Crippen LogP contribution >= 0.6 is 11.3 Å². The van der Waals surface area contributed by atoms with Gasteiger partial charge in [-0.2, -0.15) is 0 Å². The van der Waals surface area contributed by atoms with E-state index in [1.807, 2.05) is 6.07 Å². The zero-order valence-electron chi connectivity index (χ0n) is 7.66. The molecule has 1 aromatic rings. The molecular formula is C9H12N2O2S. The molecule has 76 valence electrons. The Morgan fingerprint density at radius 3 is 3.14 bits per heavy atom. The summed E-state index contributed by atoms with van der Waals surface area (Å²) in [6.45, 7) is 4.54. The van der Waals surface area contributed by atoms with Crippen molar-refractivity contribution in [3.63, 3.8) is 0 Å². The first-order valence-corrected chi connectivity index (χ1v) is 4.88. The molecule has 0 fully saturated rings. The molecule has 0 aliphatic carbocycles. The molecule has 0 spiro atoms. The predicted molar refractivity (Wildman–Crippen MR) is 55.8 cm³/mol. The Morgan fingerprint density at radius 1 is 1.71 bits per heavy atom. The van der Waals surface area contributed by atoms with Crippen LogP contribution in [0, 0.1) is 0 Å². The Kier molecular flexibility index (Phi) is 4.31. The van der Waals surface area contributed by atoms with Crippen LogP contribution in [0.3, 0.4) is 0 Å². The van der Waals surface area contributed by atoms with E-state index in [0.29, 0.717) is 18.1 Å². The van der Waals surface area contributed by atoms with Crippen molar-refractivity contribution in [3.8, 4) is 0 Å². The fourth-order valence-corrected chi connectivity index (χ4v) is 1.74. The Labute approximate surface area is 86.3 Å². The topological polar surface area (TPSA) is 64.3 Å². The zero-order chi connectivity index (χ0) is 10.4. The first-order chi connectivity index (χ1) is 6.77. The predicted octanol–water partition coefficient (Wildman–Crippen LogP) is 1.05. The molecule has 1 aromatic heterocycles. The minimum atomic E-state index is -0.273. The van der Waals surface area contributed by atoms with Crippen molar-refractivity contribution in [2.45, 2.75) is 6.61 Å². The standard InChI is InChI=1S/C9H12N2O2S/c1-2-5-13-6-7-3-4-8(14-7)9(12)11-10/h2-4H,1,5-6,10H2,(H,11,12). The molecule has 0 aliphatic heterocycles. The SMILES string of the molecule is C=CCOCc1ccc(C(=O)NN)s1. The summed E-state index contributed by atoms with van der Waals surface area (Å²) >= 11 is 1.36. The maximum Gasteiger partial charge on any atom is 0.275 e. The van der Waals surface area contributed by atoms with Gasteiger partial charge in [-0.3, -0.25) is 10.2 Å². The number of thiophene rings is 1. The first-order valence-electron chi connectivity index (χ1n) is 4.06. The number of carbonyl (C=O) groups is 1. The van der Waals surface area contributed by atoms with Gasteiger partial charge in [0, 0.05) is 4.88 Å². The van der Waals surface area contributed by atoms with Crippen LogP contribution in [0.2, 0.25) is 0 Å². The number of ether oxygens (including phenoxy) is 1. The van der Waals surface area contributed by atoms with Gasteiger partial charge >= 0.3 is 0 Å². The number of hydrazine groups is 1. The van der Waals surface area contributed by atoms with Gasteiger partial charge in [-0.1, -0.05) is 6.08 Å². The van der Waals surface area contributed by atoms with E-state index in [-0.39, 0.29) is 5.91 Å². The summed E-state index contributed by atoms with van der Waals surface area (Å²) < 4.78 is 5.22. The van der Waals surface area contributed by atoms with Crippen LogP contribution in [0.1, 0.15) is 14.5 Å². The fraction of sp³-hybridized carbons (Fsp3) is 0.222. The minimum absolute atomic E-state index is 0.273. The highest BCUT2D eigenvalue weighted by Gasteiger charge is 2.06. The number of amides is 1. The van der Waals surface area contributed by atoms with Crippen LogP contribution in [-0.4, -0.2) is 12.5 Å². The number of rotatable bonds is 5. The zero-order valence-corrected chi connectivity index (χ0v) is 8.47. The molecule has 1 amide bonds. The van der Waals surface area contributed by atoms with E-state index < -0.39 is 0 Å². The smallest absolute Gasteiger partial charge is 0.275 e. The van der Waals surface area contributed by atoms with Gasteiger partial charge in [0.15, 0.2) is 0 Å². The van der Waals surface area contributed by atoms with Gasteiger partial charge in [-0.25, -0.2) is 5.84 Å². The molecule has 5 heteroatoms. The fourth-order valence-electron chi connectivity index (χ4n) is 0.892. The number of nitrogens with two attached hydrogens (primary N) is 1. The van der Waals surface area contributed by atoms with E-state index >= 15 is 0 Å². The highest BCUT2D eigenvalue weighted by atomic mass is 32.1. The van der Waals surface area contributed by atoms with Gasteiger partial charge < -0.3 is 4.74 Å². The second-order valence-electron chi connectivity index (χ2n) is 2.54. The second-order valence-corrected chi connectivity index (χ2v) is 3.71. The Bertz CT molecular complexity index is 322. The van der Waals surface area contributed by atoms with Gasteiger partial charge in [0.25, 0.3) is 5.91 Å². The van der Waals surface area contributed by atoms with Crippen LogP contribution in [0.25, 0.3) is 0 Å². The number of nitrogens with one attached hydrogen (secondary N) is 1. The Morgan fingerprint density at radius 2 is 2.50 bits per heavy atom. The van der Waals surface area contributed by atoms with Crippen molar-refractivity contribution in [3.05, 3.63) is 34.5 Å². The molecule has 4 nitrogen and oxygen atoms in total. The summed E-state index contributed by atoms with van der Waals surface area (Å²) in [5.74, 6) is 4.72. The van der Waals surface area contributed by atoms with E-state index in [0.717, 1.165) is 4.88 Å². The molecule has 0 unspecified atom stereocenters. The average Bonchev–Trinajstić information content (AvgIpc) is 2.66. The molecule has 0 saturated carbocycles. The normalized spacial score (nSPS) is 9.79. The monoisotopic (exact) mass is 212 g/mol. The molecule has 0 saturated heterocycles. The lowest BCUT2D eigenvalue weighted by molar-refractivity contribution is 0.0957. The quantitative estimate of drug-likeness (QED) is 0.252. The highest BCUT2D eigenvalue weighted by molar-refractivity contribution is 7.14. The van der Waals surface area contributed by atoms with Gasteiger partial charge in [-0.05, 0) is 12.1 Å². The van der Waals surface area contributed by atoms with Crippen molar-refractivity contribution < 1.29 is 9.53 Å². The van der Waals surface area contributed by atoms with E-state index in [4.69, 9.17) is 10.6 Å². The van der Waals surface area contributed by atoms with Crippen molar-refractivity contribution in [1.29, 1.82) is 0 Å². The number of nitrogen functional groups attached to an aromatic ring is 1. The number of carbonyl (C=O) groups excluding carboxylic acids is 1.